The van der Waals surface area contributed by atoms with Gasteiger partial charge in [0, 0.05) is 17.7 Å². The first-order valence-corrected chi connectivity index (χ1v) is 5.07. The largest absolute Gasteiger partial charge is 0.486 e. The van der Waals surface area contributed by atoms with Crippen molar-refractivity contribution in [1.82, 2.24) is 0 Å². The standard InChI is InChI=1S/C11H14FNO2/c1-2-9(13)7-5-10-11(6-8(7)12)15-4-3-14-10/h5-6,9H,2-4,13H2,1H3. The van der Waals surface area contributed by atoms with Crippen molar-refractivity contribution in [3.05, 3.63) is 23.5 Å². The molecule has 0 aliphatic carbocycles. The maximum Gasteiger partial charge on any atom is 0.164 e. The highest BCUT2D eigenvalue weighted by molar-refractivity contribution is 5.45. The van der Waals surface area contributed by atoms with Gasteiger partial charge in [-0.15, -0.1) is 0 Å². The highest BCUT2D eigenvalue weighted by atomic mass is 19.1. The molecular formula is C11H14FNO2. The number of rotatable bonds is 2. The van der Waals surface area contributed by atoms with Gasteiger partial charge in [-0.2, -0.15) is 0 Å². The summed E-state index contributed by atoms with van der Waals surface area (Å²) >= 11 is 0. The van der Waals surface area contributed by atoms with Crippen LogP contribution in [0.1, 0.15) is 24.9 Å². The summed E-state index contributed by atoms with van der Waals surface area (Å²) in [5.74, 6) is 0.723. The van der Waals surface area contributed by atoms with E-state index in [4.69, 9.17) is 15.2 Å². The lowest BCUT2D eigenvalue weighted by molar-refractivity contribution is 0.170. The minimum absolute atomic E-state index is 0.291. The van der Waals surface area contributed by atoms with Crippen LogP contribution in [0.4, 0.5) is 4.39 Å². The Morgan fingerprint density at radius 3 is 2.53 bits per heavy atom. The quantitative estimate of drug-likeness (QED) is 0.813. The molecule has 0 spiro atoms. The number of fused-ring (bicyclic) bond motifs is 1. The van der Waals surface area contributed by atoms with Gasteiger partial charge in [0.2, 0.25) is 0 Å². The fourth-order valence-electron chi connectivity index (χ4n) is 1.58. The lowest BCUT2D eigenvalue weighted by Crippen LogP contribution is -2.17. The number of nitrogens with two attached hydrogens (primary N) is 1. The SMILES string of the molecule is CCC(N)c1cc2c(cc1F)OCCO2. The zero-order valence-electron chi connectivity index (χ0n) is 8.63. The van der Waals surface area contributed by atoms with E-state index in [1.54, 1.807) is 6.07 Å². The minimum atomic E-state index is -0.325. The number of hydrogen-bond donors (Lipinski definition) is 1. The van der Waals surface area contributed by atoms with E-state index in [2.05, 4.69) is 0 Å². The van der Waals surface area contributed by atoms with Crippen LogP contribution >= 0.6 is 0 Å². The van der Waals surface area contributed by atoms with E-state index in [-0.39, 0.29) is 11.9 Å². The molecule has 0 aromatic heterocycles. The summed E-state index contributed by atoms with van der Waals surface area (Å²) < 4.78 is 24.2. The summed E-state index contributed by atoms with van der Waals surface area (Å²) in [6, 6.07) is 2.69. The van der Waals surface area contributed by atoms with Crippen molar-refractivity contribution in [2.24, 2.45) is 5.73 Å². The molecule has 1 aliphatic rings. The first-order valence-electron chi connectivity index (χ1n) is 5.07. The van der Waals surface area contributed by atoms with Gasteiger partial charge in [0.25, 0.3) is 0 Å². The molecule has 4 heteroatoms. The number of halogens is 1. The van der Waals surface area contributed by atoms with Crippen LogP contribution in [0, 0.1) is 5.82 Å². The van der Waals surface area contributed by atoms with Gasteiger partial charge in [0.1, 0.15) is 19.0 Å². The Morgan fingerprint density at radius 2 is 1.93 bits per heavy atom. The van der Waals surface area contributed by atoms with Crippen LogP contribution in [-0.2, 0) is 0 Å². The van der Waals surface area contributed by atoms with Crippen LogP contribution in [0.3, 0.4) is 0 Å². The molecule has 15 heavy (non-hydrogen) atoms. The smallest absolute Gasteiger partial charge is 0.164 e. The van der Waals surface area contributed by atoms with Crippen LogP contribution in [-0.4, -0.2) is 13.2 Å². The predicted octanol–water partition coefficient (Wildman–Crippen LogP) is 2.01. The molecule has 0 amide bonds. The molecule has 1 atom stereocenters. The first-order chi connectivity index (χ1) is 7.22. The zero-order valence-corrected chi connectivity index (χ0v) is 8.63. The molecule has 0 saturated heterocycles. The van der Waals surface area contributed by atoms with E-state index < -0.39 is 0 Å². The molecule has 2 rings (SSSR count). The van der Waals surface area contributed by atoms with Gasteiger partial charge < -0.3 is 15.2 Å². The van der Waals surface area contributed by atoms with Crippen molar-refractivity contribution < 1.29 is 13.9 Å². The Balaban J connectivity index is 2.40. The predicted molar refractivity (Wildman–Crippen MR) is 54.6 cm³/mol. The van der Waals surface area contributed by atoms with Crippen molar-refractivity contribution in [3.63, 3.8) is 0 Å². The van der Waals surface area contributed by atoms with E-state index in [9.17, 15) is 4.39 Å². The molecule has 0 bridgehead atoms. The Labute approximate surface area is 88.0 Å². The zero-order chi connectivity index (χ0) is 10.8. The van der Waals surface area contributed by atoms with Gasteiger partial charge in [-0.05, 0) is 12.5 Å². The second-order valence-corrected chi connectivity index (χ2v) is 3.53. The number of hydrogen-bond acceptors (Lipinski definition) is 3. The average Bonchev–Trinajstić information content (AvgIpc) is 2.27. The van der Waals surface area contributed by atoms with E-state index in [0.29, 0.717) is 36.7 Å². The summed E-state index contributed by atoms with van der Waals surface area (Å²) in [5, 5.41) is 0. The van der Waals surface area contributed by atoms with Crippen LogP contribution in [0.15, 0.2) is 12.1 Å². The summed E-state index contributed by atoms with van der Waals surface area (Å²) in [6.07, 6.45) is 0.691. The molecule has 82 valence electrons. The number of ether oxygens (including phenoxy) is 2. The molecule has 3 nitrogen and oxygen atoms in total. The first kappa shape index (κ1) is 10.2. The van der Waals surface area contributed by atoms with Crippen molar-refractivity contribution >= 4 is 0 Å². The van der Waals surface area contributed by atoms with Gasteiger partial charge in [-0.1, -0.05) is 6.92 Å². The third kappa shape index (κ3) is 1.90. The molecule has 0 saturated carbocycles. The molecule has 1 unspecified atom stereocenters. The van der Waals surface area contributed by atoms with Crippen LogP contribution in [0.5, 0.6) is 11.5 Å². The maximum atomic E-state index is 13.6. The second-order valence-electron chi connectivity index (χ2n) is 3.53. The van der Waals surface area contributed by atoms with Crippen molar-refractivity contribution in [3.8, 4) is 11.5 Å². The molecule has 1 aromatic rings. The molecule has 0 radical (unpaired) electrons. The molecule has 1 heterocycles. The van der Waals surface area contributed by atoms with E-state index >= 15 is 0 Å². The summed E-state index contributed by atoms with van der Waals surface area (Å²) in [6.45, 7) is 2.88. The van der Waals surface area contributed by atoms with Crippen LogP contribution in [0.2, 0.25) is 0 Å². The van der Waals surface area contributed by atoms with Gasteiger partial charge in [0.15, 0.2) is 11.5 Å². The topological polar surface area (TPSA) is 44.5 Å². The number of benzene rings is 1. The van der Waals surface area contributed by atoms with E-state index in [0.717, 1.165) is 0 Å². The molecular weight excluding hydrogens is 197 g/mol. The van der Waals surface area contributed by atoms with Gasteiger partial charge in [0.05, 0.1) is 0 Å². The maximum absolute atomic E-state index is 13.6. The van der Waals surface area contributed by atoms with E-state index in [1.807, 2.05) is 6.92 Å². The molecule has 1 aliphatic heterocycles. The monoisotopic (exact) mass is 211 g/mol. The summed E-state index contributed by atoms with van der Waals surface area (Å²) in [7, 11) is 0. The van der Waals surface area contributed by atoms with Gasteiger partial charge in [-0.3, -0.25) is 0 Å². The Hall–Kier alpha value is -1.29. The van der Waals surface area contributed by atoms with Gasteiger partial charge in [-0.25, -0.2) is 4.39 Å². The third-order valence-electron chi connectivity index (χ3n) is 2.50. The van der Waals surface area contributed by atoms with E-state index in [1.165, 1.54) is 6.07 Å². The fraction of sp³-hybridized carbons (Fsp3) is 0.455. The lowest BCUT2D eigenvalue weighted by Gasteiger charge is -2.20. The Morgan fingerprint density at radius 1 is 1.33 bits per heavy atom. The second kappa shape index (κ2) is 4.06. The average molecular weight is 211 g/mol. The van der Waals surface area contributed by atoms with Crippen molar-refractivity contribution in [1.29, 1.82) is 0 Å². The van der Waals surface area contributed by atoms with Crippen LogP contribution < -0.4 is 15.2 Å². The van der Waals surface area contributed by atoms with Crippen molar-refractivity contribution in [2.45, 2.75) is 19.4 Å². The summed E-state index contributed by atoms with van der Waals surface area (Å²) in [5.41, 5.74) is 6.28. The third-order valence-corrected chi connectivity index (χ3v) is 2.50. The Kier molecular flexibility index (Phi) is 2.77. The highest BCUT2D eigenvalue weighted by Crippen LogP contribution is 2.34. The highest BCUT2D eigenvalue weighted by Gasteiger charge is 2.18. The fourth-order valence-corrected chi connectivity index (χ4v) is 1.58. The summed E-state index contributed by atoms with van der Waals surface area (Å²) in [4.78, 5) is 0. The normalized spacial score (nSPS) is 16.2. The minimum Gasteiger partial charge on any atom is -0.486 e. The Bertz CT molecular complexity index is 368. The van der Waals surface area contributed by atoms with Crippen LogP contribution in [0.25, 0.3) is 0 Å². The van der Waals surface area contributed by atoms with Gasteiger partial charge >= 0.3 is 0 Å². The lowest BCUT2D eigenvalue weighted by atomic mass is 10.0. The van der Waals surface area contributed by atoms with Crippen molar-refractivity contribution in [2.75, 3.05) is 13.2 Å². The molecule has 0 fully saturated rings. The molecule has 2 N–H and O–H groups in total. The molecule has 1 aromatic carbocycles.